The zero-order valence-electron chi connectivity index (χ0n) is 23.8. The number of hydrogen-bond acceptors (Lipinski definition) is 6. The molecule has 0 atom stereocenters. The molecule has 4 aromatic rings. The van der Waals surface area contributed by atoms with Crippen LogP contribution < -0.4 is 19.5 Å². The summed E-state index contributed by atoms with van der Waals surface area (Å²) in [5.74, 6) is -0.101. The van der Waals surface area contributed by atoms with Gasteiger partial charge in [0.05, 0.1) is 7.11 Å². The topological polar surface area (TPSA) is 97.6 Å². The first-order chi connectivity index (χ1) is 20.3. The third-order valence-corrected chi connectivity index (χ3v) is 6.81. The van der Waals surface area contributed by atoms with Gasteiger partial charge in [0.15, 0.2) is 18.1 Å². The van der Waals surface area contributed by atoms with Crippen molar-refractivity contribution in [3.05, 3.63) is 131 Å². The number of benzene rings is 4. The summed E-state index contributed by atoms with van der Waals surface area (Å²) in [5.41, 5.74) is 3.53. The smallest absolute Gasteiger partial charge is 0.349 e. The number of nitrogens with one attached hydrogen (secondary N) is 1. The highest BCUT2D eigenvalue weighted by Gasteiger charge is 2.22. The second-order valence-electron chi connectivity index (χ2n) is 10.0. The summed E-state index contributed by atoms with van der Waals surface area (Å²) in [4.78, 5) is 25.1. The number of amides is 1. The van der Waals surface area contributed by atoms with Crippen LogP contribution in [0.3, 0.4) is 0 Å². The lowest BCUT2D eigenvalue weighted by Crippen LogP contribution is -2.23. The minimum Gasteiger partial charge on any atom is -0.493 e. The first-order valence-corrected chi connectivity index (χ1v) is 13.4. The molecule has 0 aliphatic carbocycles. The van der Waals surface area contributed by atoms with E-state index >= 15 is 0 Å². The van der Waals surface area contributed by atoms with Gasteiger partial charge in [-0.25, -0.2) is 4.79 Å². The van der Waals surface area contributed by atoms with Gasteiger partial charge < -0.3 is 19.5 Å². The van der Waals surface area contributed by atoms with E-state index < -0.39 is 11.9 Å². The second-order valence-corrected chi connectivity index (χ2v) is 10.0. The van der Waals surface area contributed by atoms with E-state index in [9.17, 15) is 14.9 Å². The van der Waals surface area contributed by atoms with Gasteiger partial charge in [-0.05, 0) is 52.6 Å². The van der Waals surface area contributed by atoms with E-state index in [0.717, 1.165) is 11.1 Å². The van der Waals surface area contributed by atoms with E-state index in [4.69, 9.17) is 14.2 Å². The van der Waals surface area contributed by atoms with Crippen molar-refractivity contribution in [3.63, 3.8) is 0 Å². The molecule has 0 saturated heterocycles. The third-order valence-electron chi connectivity index (χ3n) is 6.81. The number of nitriles is 1. The van der Waals surface area contributed by atoms with Crippen LogP contribution >= 0.6 is 0 Å². The lowest BCUT2D eigenvalue weighted by Gasteiger charge is -2.26. The van der Waals surface area contributed by atoms with Gasteiger partial charge in [-0.2, -0.15) is 5.26 Å². The quantitative estimate of drug-likeness (QED) is 0.101. The second kappa shape index (κ2) is 13.8. The highest BCUT2D eigenvalue weighted by molar-refractivity contribution is 6.01. The highest BCUT2D eigenvalue weighted by atomic mass is 16.6. The van der Waals surface area contributed by atoms with E-state index in [1.54, 1.807) is 18.2 Å². The molecule has 1 amide bonds. The molecule has 0 aliphatic rings. The maximum Gasteiger partial charge on any atom is 0.349 e. The van der Waals surface area contributed by atoms with Crippen LogP contribution in [0.5, 0.6) is 17.2 Å². The molecule has 212 valence electrons. The van der Waals surface area contributed by atoms with E-state index in [0.29, 0.717) is 17.9 Å². The van der Waals surface area contributed by atoms with Crippen LogP contribution in [0.2, 0.25) is 0 Å². The number of ether oxygens (including phenoxy) is 3. The fourth-order valence-corrected chi connectivity index (χ4v) is 4.33. The van der Waals surface area contributed by atoms with Crippen LogP contribution in [-0.4, -0.2) is 25.6 Å². The van der Waals surface area contributed by atoms with Crippen LogP contribution in [0, 0.1) is 11.3 Å². The van der Waals surface area contributed by atoms with Crippen molar-refractivity contribution in [1.82, 2.24) is 5.32 Å². The summed E-state index contributed by atoms with van der Waals surface area (Å²) in [6.07, 6.45) is 1.44. The summed E-state index contributed by atoms with van der Waals surface area (Å²) < 4.78 is 16.5. The van der Waals surface area contributed by atoms with Crippen molar-refractivity contribution >= 4 is 18.0 Å². The standard InChI is InChI=1S/C35H32N2O5/c1-35(2,28-12-8-5-9-13-28)29-15-17-30(18-16-29)41-24-33(38)42-31-19-14-26(21-32(31)40-3)20-27(22-36)34(39)37-23-25-10-6-4-7-11-25/h4-21H,23-24H2,1-3H3,(H,37,39)/b27-20+. The van der Waals surface area contributed by atoms with Crippen molar-refractivity contribution < 1.29 is 23.8 Å². The van der Waals surface area contributed by atoms with Gasteiger partial charge in [-0.1, -0.05) is 92.7 Å². The van der Waals surface area contributed by atoms with Crippen molar-refractivity contribution in [2.45, 2.75) is 25.8 Å². The number of carbonyl (C=O) groups is 2. The summed E-state index contributed by atoms with van der Waals surface area (Å²) in [6, 6.07) is 34.0. The molecular formula is C35H32N2O5. The van der Waals surface area contributed by atoms with E-state index in [2.05, 4.69) is 31.3 Å². The predicted molar refractivity (Wildman–Crippen MR) is 161 cm³/mol. The zero-order valence-corrected chi connectivity index (χ0v) is 23.8. The molecule has 0 aliphatic heterocycles. The predicted octanol–water partition coefficient (Wildman–Crippen LogP) is 6.23. The molecule has 4 aromatic carbocycles. The van der Waals surface area contributed by atoms with E-state index in [-0.39, 0.29) is 29.1 Å². The Kier molecular flexibility index (Phi) is 9.75. The van der Waals surface area contributed by atoms with Crippen LogP contribution in [0.4, 0.5) is 0 Å². The van der Waals surface area contributed by atoms with Crippen LogP contribution in [0.15, 0.2) is 109 Å². The maximum atomic E-state index is 12.5. The van der Waals surface area contributed by atoms with Crippen LogP contribution in [-0.2, 0) is 21.5 Å². The summed E-state index contributed by atoms with van der Waals surface area (Å²) in [5, 5.41) is 12.3. The molecule has 7 nitrogen and oxygen atoms in total. The first kappa shape index (κ1) is 29.6. The molecular weight excluding hydrogens is 528 g/mol. The number of carbonyl (C=O) groups excluding carboxylic acids is 2. The van der Waals surface area contributed by atoms with Crippen molar-refractivity contribution in [2.24, 2.45) is 0 Å². The average Bonchev–Trinajstić information content (AvgIpc) is 3.03. The van der Waals surface area contributed by atoms with E-state index in [1.165, 1.54) is 18.7 Å². The number of methoxy groups -OCH3 is 1. The SMILES string of the molecule is COc1cc(/C=C(\C#N)C(=O)NCc2ccccc2)ccc1OC(=O)COc1ccc(C(C)(C)c2ccccc2)cc1. The Morgan fingerprint density at radius 1 is 0.857 bits per heavy atom. The minimum absolute atomic E-state index is 0.0655. The summed E-state index contributed by atoms with van der Waals surface area (Å²) in [6.45, 7) is 4.32. The number of rotatable bonds is 11. The fraction of sp³-hybridized carbons (Fsp3) is 0.171. The van der Waals surface area contributed by atoms with E-state index in [1.807, 2.05) is 78.9 Å². The van der Waals surface area contributed by atoms with Crippen molar-refractivity contribution in [1.29, 1.82) is 5.26 Å². The summed E-state index contributed by atoms with van der Waals surface area (Å²) >= 11 is 0. The lowest BCUT2D eigenvalue weighted by molar-refractivity contribution is -0.136. The van der Waals surface area contributed by atoms with Crippen molar-refractivity contribution in [3.8, 4) is 23.3 Å². The van der Waals surface area contributed by atoms with Crippen LogP contribution in [0.25, 0.3) is 6.08 Å². The molecule has 0 unspecified atom stereocenters. The first-order valence-electron chi connectivity index (χ1n) is 13.4. The Morgan fingerprint density at radius 2 is 1.50 bits per heavy atom. The van der Waals surface area contributed by atoms with Gasteiger partial charge in [-0.3, -0.25) is 4.79 Å². The fourth-order valence-electron chi connectivity index (χ4n) is 4.33. The maximum absolute atomic E-state index is 12.5. The number of hydrogen-bond donors (Lipinski definition) is 1. The molecule has 0 radical (unpaired) electrons. The largest absolute Gasteiger partial charge is 0.493 e. The van der Waals surface area contributed by atoms with Gasteiger partial charge in [0.1, 0.15) is 17.4 Å². The third kappa shape index (κ3) is 7.64. The lowest BCUT2D eigenvalue weighted by atomic mass is 9.78. The Morgan fingerprint density at radius 3 is 2.14 bits per heavy atom. The monoisotopic (exact) mass is 560 g/mol. The molecule has 0 fully saturated rings. The van der Waals surface area contributed by atoms with Gasteiger partial charge in [-0.15, -0.1) is 0 Å². The highest BCUT2D eigenvalue weighted by Crippen LogP contribution is 2.32. The molecule has 0 aromatic heterocycles. The molecule has 4 rings (SSSR count). The van der Waals surface area contributed by atoms with Crippen LogP contribution in [0.1, 0.15) is 36.1 Å². The molecule has 42 heavy (non-hydrogen) atoms. The minimum atomic E-state index is -0.608. The number of nitrogens with zero attached hydrogens (tertiary/aromatic N) is 1. The molecule has 0 bridgehead atoms. The molecule has 0 spiro atoms. The Labute approximate surface area is 246 Å². The zero-order chi connectivity index (χ0) is 30.0. The Bertz CT molecular complexity index is 1590. The molecule has 0 saturated carbocycles. The Balaban J connectivity index is 1.35. The summed E-state index contributed by atoms with van der Waals surface area (Å²) in [7, 11) is 1.44. The Hall–Kier alpha value is -5.35. The van der Waals surface area contributed by atoms with Gasteiger partial charge in [0.25, 0.3) is 5.91 Å². The van der Waals surface area contributed by atoms with Gasteiger partial charge in [0, 0.05) is 12.0 Å². The van der Waals surface area contributed by atoms with Gasteiger partial charge in [0.2, 0.25) is 0 Å². The molecule has 7 heteroatoms. The number of esters is 1. The van der Waals surface area contributed by atoms with Gasteiger partial charge >= 0.3 is 5.97 Å². The average molecular weight is 561 g/mol. The normalized spacial score (nSPS) is 11.2. The van der Waals surface area contributed by atoms with Crippen molar-refractivity contribution in [2.75, 3.05) is 13.7 Å². The molecule has 1 N–H and O–H groups in total. The molecule has 0 heterocycles.